The number of hydrogen-bond acceptors (Lipinski definition) is 7. The Labute approximate surface area is 203 Å². The second-order valence-corrected chi connectivity index (χ2v) is 8.41. The van der Waals surface area contributed by atoms with E-state index in [0.29, 0.717) is 16.7 Å². The molecule has 3 aliphatic heterocycles. The Kier molecular flexibility index (Phi) is 6.24. The Morgan fingerprint density at radius 2 is 1.97 bits per heavy atom. The molecule has 1 saturated heterocycles. The minimum atomic E-state index is -0.319. The topological polar surface area (TPSA) is 90.0 Å². The van der Waals surface area contributed by atoms with Crippen molar-refractivity contribution < 1.29 is 9.53 Å². The Balaban J connectivity index is 1.40. The molecule has 3 aliphatic rings. The lowest BCUT2D eigenvalue weighted by molar-refractivity contribution is -0.111. The van der Waals surface area contributed by atoms with E-state index < -0.39 is 0 Å². The van der Waals surface area contributed by atoms with Gasteiger partial charge in [0.15, 0.2) is 6.17 Å². The second kappa shape index (κ2) is 9.62. The maximum atomic E-state index is 11.8. The maximum absolute atomic E-state index is 11.8. The summed E-state index contributed by atoms with van der Waals surface area (Å²) in [6, 6.07) is 15.8. The summed E-state index contributed by atoms with van der Waals surface area (Å²) in [7, 11) is 0. The molecule has 2 aromatic rings. The molecule has 0 aliphatic carbocycles. The number of aliphatic imine (C=N–C) groups is 1. The van der Waals surface area contributed by atoms with Crippen molar-refractivity contribution in [3.8, 4) is 0 Å². The number of carbonyl (C=O) groups excluding carboxylic acids is 1. The van der Waals surface area contributed by atoms with Gasteiger partial charge in [0.25, 0.3) is 0 Å². The molecule has 0 bridgehead atoms. The fraction of sp³-hybridized carbons (Fsp3) is 0.200. The summed E-state index contributed by atoms with van der Waals surface area (Å²) in [5.41, 5.74) is 5.25. The van der Waals surface area contributed by atoms with Gasteiger partial charge in [-0.3, -0.25) is 4.79 Å². The van der Waals surface area contributed by atoms with Crippen LogP contribution in [0.2, 0.25) is 0 Å². The predicted molar refractivity (Wildman–Crippen MR) is 137 cm³/mol. The molecule has 174 valence electrons. The van der Waals surface area contributed by atoms with Crippen LogP contribution in [0, 0.1) is 0 Å². The van der Waals surface area contributed by atoms with Crippen LogP contribution in [0.5, 0.6) is 0 Å². The number of carbonyl (C=O) groups is 1. The molecule has 1 unspecified atom stereocenters. The highest BCUT2D eigenvalue weighted by atomic mass is 35.5. The molecule has 2 aromatic carbocycles. The minimum absolute atomic E-state index is 0.270. The van der Waals surface area contributed by atoms with Crippen LogP contribution >= 0.6 is 11.6 Å². The molecular weight excluding hydrogens is 452 g/mol. The first-order valence-electron chi connectivity index (χ1n) is 11.1. The average Bonchev–Trinajstić information content (AvgIpc) is 3.25. The van der Waals surface area contributed by atoms with Gasteiger partial charge < -0.3 is 30.9 Å². The van der Waals surface area contributed by atoms with E-state index in [0.717, 1.165) is 54.5 Å². The summed E-state index contributed by atoms with van der Waals surface area (Å²) >= 11 is 6.50. The number of guanidine groups is 1. The van der Waals surface area contributed by atoms with E-state index in [-0.39, 0.29) is 12.1 Å². The zero-order valence-corrected chi connectivity index (χ0v) is 19.2. The lowest BCUT2D eigenvalue weighted by atomic mass is 10.0. The van der Waals surface area contributed by atoms with Gasteiger partial charge in [0.05, 0.1) is 23.9 Å². The molecule has 1 fully saturated rings. The summed E-state index contributed by atoms with van der Waals surface area (Å²) in [6.45, 7) is 6.71. The zero-order valence-electron chi connectivity index (χ0n) is 18.5. The van der Waals surface area contributed by atoms with Crippen LogP contribution in [0.15, 0.2) is 83.0 Å². The third-order valence-corrected chi connectivity index (χ3v) is 6.07. The smallest absolute Gasteiger partial charge is 0.247 e. The van der Waals surface area contributed by atoms with Crippen molar-refractivity contribution in [2.75, 3.05) is 41.8 Å². The molecule has 34 heavy (non-hydrogen) atoms. The number of hydrogen-bond donors (Lipinski definition) is 4. The van der Waals surface area contributed by atoms with Gasteiger partial charge in [-0.15, -0.1) is 0 Å². The quantitative estimate of drug-likeness (QED) is 0.494. The Morgan fingerprint density at radius 1 is 1.18 bits per heavy atom. The number of nitrogens with one attached hydrogen (secondary N) is 4. The summed E-state index contributed by atoms with van der Waals surface area (Å²) in [4.78, 5) is 18.8. The fourth-order valence-electron chi connectivity index (χ4n) is 4.12. The highest BCUT2D eigenvalue weighted by Gasteiger charge is 2.30. The van der Waals surface area contributed by atoms with E-state index in [4.69, 9.17) is 21.3 Å². The van der Waals surface area contributed by atoms with Gasteiger partial charge in [-0.25, -0.2) is 4.99 Å². The van der Waals surface area contributed by atoms with Crippen molar-refractivity contribution in [2.24, 2.45) is 4.99 Å². The lowest BCUT2D eigenvalue weighted by Gasteiger charge is -2.29. The molecule has 0 radical (unpaired) electrons. The third kappa shape index (κ3) is 4.64. The third-order valence-electron chi connectivity index (χ3n) is 5.76. The Morgan fingerprint density at radius 3 is 2.79 bits per heavy atom. The lowest BCUT2D eigenvalue weighted by Crippen LogP contribution is -2.39. The van der Waals surface area contributed by atoms with Crippen molar-refractivity contribution in [2.45, 2.75) is 6.17 Å². The molecule has 0 saturated carbocycles. The molecular formula is C25H25ClN6O2. The molecule has 4 N–H and O–H groups in total. The number of rotatable bonds is 5. The van der Waals surface area contributed by atoms with E-state index in [1.54, 1.807) is 6.20 Å². The van der Waals surface area contributed by atoms with Crippen molar-refractivity contribution in [3.63, 3.8) is 0 Å². The maximum Gasteiger partial charge on any atom is 0.247 e. The van der Waals surface area contributed by atoms with E-state index in [9.17, 15) is 4.79 Å². The number of nitrogens with zero attached hydrogens (tertiary/aromatic N) is 2. The molecule has 3 heterocycles. The minimum Gasteiger partial charge on any atom is -0.378 e. The van der Waals surface area contributed by atoms with Crippen LogP contribution in [0.25, 0.3) is 5.70 Å². The van der Waals surface area contributed by atoms with Gasteiger partial charge in [-0.05, 0) is 36.4 Å². The van der Waals surface area contributed by atoms with E-state index >= 15 is 0 Å². The molecule has 0 aromatic heterocycles. The number of fused-ring (bicyclic) bond motifs is 1. The van der Waals surface area contributed by atoms with Crippen molar-refractivity contribution in [3.05, 3.63) is 83.6 Å². The summed E-state index contributed by atoms with van der Waals surface area (Å²) < 4.78 is 5.47. The predicted octanol–water partition coefficient (Wildman–Crippen LogP) is 3.44. The molecule has 9 heteroatoms. The highest BCUT2D eigenvalue weighted by molar-refractivity contribution is 6.33. The van der Waals surface area contributed by atoms with Gasteiger partial charge in [0, 0.05) is 47.5 Å². The first-order valence-corrected chi connectivity index (χ1v) is 11.4. The van der Waals surface area contributed by atoms with Crippen LogP contribution in [0.4, 0.5) is 17.1 Å². The van der Waals surface area contributed by atoms with Crippen LogP contribution in [0.1, 0.15) is 5.56 Å². The van der Waals surface area contributed by atoms with Gasteiger partial charge in [0.2, 0.25) is 11.9 Å². The molecule has 5 rings (SSSR count). The van der Waals surface area contributed by atoms with E-state index in [1.807, 2.05) is 36.4 Å². The summed E-state index contributed by atoms with van der Waals surface area (Å²) in [5, 5.41) is 13.4. The van der Waals surface area contributed by atoms with Crippen molar-refractivity contribution in [1.82, 2.24) is 10.6 Å². The number of ether oxygens (including phenoxy) is 1. The van der Waals surface area contributed by atoms with E-state index in [1.165, 1.54) is 6.08 Å². The zero-order chi connectivity index (χ0) is 23.5. The first kappa shape index (κ1) is 22.1. The average molecular weight is 477 g/mol. The normalized spacial score (nSPS) is 19.3. The molecule has 0 spiro atoms. The SMILES string of the molecule is C=CC(=O)Nc1cccc(C2=C3C(Cl)=CNC3N=C(Nc3cccc(N4CCOCC4)c3)N2)c1. The highest BCUT2D eigenvalue weighted by Crippen LogP contribution is 2.34. The van der Waals surface area contributed by atoms with E-state index in [2.05, 4.69) is 44.9 Å². The van der Waals surface area contributed by atoms with Crippen LogP contribution in [0.3, 0.4) is 0 Å². The Hall–Kier alpha value is -3.75. The van der Waals surface area contributed by atoms with Gasteiger partial charge in [-0.1, -0.05) is 36.4 Å². The number of amides is 1. The Bertz CT molecular complexity index is 1220. The van der Waals surface area contributed by atoms with Crippen LogP contribution < -0.4 is 26.2 Å². The molecule has 8 nitrogen and oxygen atoms in total. The summed E-state index contributed by atoms with van der Waals surface area (Å²) in [5.74, 6) is 0.324. The fourth-order valence-corrected chi connectivity index (χ4v) is 4.39. The van der Waals surface area contributed by atoms with Gasteiger partial charge in [0.1, 0.15) is 0 Å². The standard InChI is InChI=1S/C25H25ClN6O2/c1-2-21(33)28-17-6-3-5-16(13-17)23-22-20(26)15-27-24(22)31-25(30-23)29-18-7-4-8-19(14-18)32-9-11-34-12-10-32/h2-8,13-15,24,27H,1,9-12H2,(H,28,33)(H2,29,30,31). The van der Waals surface area contributed by atoms with Gasteiger partial charge in [-0.2, -0.15) is 0 Å². The second-order valence-electron chi connectivity index (χ2n) is 8.00. The van der Waals surface area contributed by atoms with Crippen molar-refractivity contribution >= 4 is 46.2 Å². The summed E-state index contributed by atoms with van der Waals surface area (Å²) in [6.07, 6.45) is 2.67. The molecule has 1 amide bonds. The first-order chi connectivity index (χ1) is 16.6. The number of halogens is 1. The van der Waals surface area contributed by atoms with Crippen LogP contribution in [-0.4, -0.2) is 44.3 Å². The van der Waals surface area contributed by atoms with Crippen molar-refractivity contribution in [1.29, 1.82) is 0 Å². The number of morpholine rings is 1. The largest absolute Gasteiger partial charge is 0.378 e. The monoisotopic (exact) mass is 476 g/mol. The van der Waals surface area contributed by atoms with Crippen LogP contribution in [-0.2, 0) is 9.53 Å². The number of benzene rings is 2. The molecule has 1 atom stereocenters. The number of anilines is 3. The van der Waals surface area contributed by atoms with Gasteiger partial charge >= 0.3 is 0 Å².